The molecule has 0 amide bonds. The van der Waals surface area contributed by atoms with Crippen LogP contribution in [0.3, 0.4) is 0 Å². The Hall–Kier alpha value is -0.650. The summed E-state index contributed by atoms with van der Waals surface area (Å²) in [7, 11) is 1.67. The van der Waals surface area contributed by atoms with E-state index in [0.717, 1.165) is 0 Å². The van der Waals surface area contributed by atoms with Crippen molar-refractivity contribution in [3.8, 4) is 0 Å². The number of aliphatic carboxylic acids is 1. The Morgan fingerprint density at radius 2 is 2.07 bits per heavy atom. The van der Waals surface area contributed by atoms with Gasteiger partial charge in [-0.05, 0) is 27.8 Å². The maximum Gasteiger partial charge on any atom is 0.323 e. The standard InChI is InChI=1S/C10H21NO4/c1-5-15-7-8(12)6-11(4)10(2,3)9(13)14/h8,12H,5-7H2,1-4H3,(H,13,14). The van der Waals surface area contributed by atoms with Gasteiger partial charge >= 0.3 is 5.97 Å². The number of hydrogen-bond donors (Lipinski definition) is 2. The molecule has 0 aromatic heterocycles. The molecule has 0 aromatic rings. The summed E-state index contributed by atoms with van der Waals surface area (Å²) >= 11 is 0. The minimum absolute atomic E-state index is 0.233. The molecule has 0 aliphatic carbocycles. The summed E-state index contributed by atoms with van der Waals surface area (Å²) in [4.78, 5) is 12.5. The average Bonchev–Trinajstić information content (AvgIpc) is 2.14. The number of likely N-dealkylation sites (N-methyl/N-ethyl adjacent to an activating group) is 1. The SMILES string of the molecule is CCOCC(O)CN(C)C(C)(C)C(=O)O. The lowest BCUT2D eigenvalue weighted by atomic mass is 10.0. The van der Waals surface area contributed by atoms with Crippen LogP contribution in [0.4, 0.5) is 0 Å². The van der Waals surface area contributed by atoms with E-state index >= 15 is 0 Å². The molecule has 15 heavy (non-hydrogen) atoms. The maximum absolute atomic E-state index is 10.9. The van der Waals surface area contributed by atoms with E-state index in [1.165, 1.54) is 0 Å². The first-order valence-corrected chi connectivity index (χ1v) is 5.02. The van der Waals surface area contributed by atoms with Gasteiger partial charge in [0.15, 0.2) is 0 Å². The highest BCUT2D eigenvalue weighted by atomic mass is 16.5. The fraction of sp³-hybridized carbons (Fsp3) is 0.900. The van der Waals surface area contributed by atoms with Crippen molar-refractivity contribution in [2.45, 2.75) is 32.4 Å². The molecule has 0 saturated carbocycles. The van der Waals surface area contributed by atoms with Crippen molar-refractivity contribution in [3.63, 3.8) is 0 Å². The van der Waals surface area contributed by atoms with Crippen molar-refractivity contribution < 1.29 is 19.7 Å². The molecule has 2 N–H and O–H groups in total. The lowest BCUT2D eigenvalue weighted by Crippen LogP contribution is -2.51. The zero-order valence-electron chi connectivity index (χ0n) is 9.86. The highest BCUT2D eigenvalue weighted by Crippen LogP contribution is 2.12. The van der Waals surface area contributed by atoms with Gasteiger partial charge in [0.2, 0.25) is 0 Å². The molecular formula is C10H21NO4. The van der Waals surface area contributed by atoms with Crippen LogP contribution in [0.25, 0.3) is 0 Å². The molecule has 0 aliphatic heterocycles. The summed E-state index contributed by atoms with van der Waals surface area (Å²) in [5, 5.41) is 18.5. The van der Waals surface area contributed by atoms with Crippen LogP contribution in [-0.4, -0.2) is 59.5 Å². The Kier molecular flexibility index (Phi) is 5.79. The van der Waals surface area contributed by atoms with Crippen LogP contribution in [0, 0.1) is 0 Å². The smallest absolute Gasteiger partial charge is 0.323 e. The molecule has 0 aliphatic rings. The molecule has 5 nitrogen and oxygen atoms in total. The van der Waals surface area contributed by atoms with E-state index in [1.807, 2.05) is 6.92 Å². The fourth-order valence-electron chi connectivity index (χ4n) is 1.01. The number of carboxylic acids is 1. The third-order valence-electron chi connectivity index (χ3n) is 2.48. The van der Waals surface area contributed by atoms with Gasteiger partial charge in [-0.3, -0.25) is 9.69 Å². The zero-order valence-corrected chi connectivity index (χ0v) is 9.86. The van der Waals surface area contributed by atoms with E-state index in [1.54, 1.807) is 25.8 Å². The predicted molar refractivity (Wildman–Crippen MR) is 56.8 cm³/mol. The van der Waals surface area contributed by atoms with Gasteiger partial charge in [0.05, 0.1) is 12.7 Å². The van der Waals surface area contributed by atoms with E-state index in [-0.39, 0.29) is 13.2 Å². The summed E-state index contributed by atoms with van der Waals surface area (Å²) in [6.45, 7) is 6.10. The van der Waals surface area contributed by atoms with Crippen LogP contribution in [-0.2, 0) is 9.53 Å². The van der Waals surface area contributed by atoms with Gasteiger partial charge in [-0.25, -0.2) is 0 Å². The summed E-state index contributed by atoms with van der Waals surface area (Å²) in [6.07, 6.45) is -0.659. The molecule has 0 heterocycles. The minimum Gasteiger partial charge on any atom is -0.480 e. The number of carbonyl (C=O) groups is 1. The van der Waals surface area contributed by atoms with Gasteiger partial charge in [0, 0.05) is 13.2 Å². The second kappa shape index (κ2) is 6.05. The first-order chi connectivity index (χ1) is 6.82. The summed E-state index contributed by atoms with van der Waals surface area (Å²) < 4.78 is 5.05. The van der Waals surface area contributed by atoms with E-state index in [4.69, 9.17) is 9.84 Å². The van der Waals surface area contributed by atoms with Crippen molar-refractivity contribution >= 4 is 5.97 Å². The highest BCUT2D eigenvalue weighted by Gasteiger charge is 2.32. The van der Waals surface area contributed by atoms with Gasteiger partial charge in [0.1, 0.15) is 5.54 Å². The zero-order chi connectivity index (χ0) is 12.1. The topological polar surface area (TPSA) is 70.0 Å². The molecule has 0 saturated heterocycles. The molecule has 0 radical (unpaired) electrons. The van der Waals surface area contributed by atoms with E-state index in [9.17, 15) is 9.90 Å². The Morgan fingerprint density at radius 3 is 2.47 bits per heavy atom. The number of hydrogen-bond acceptors (Lipinski definition) is 4. The van der Waals surface area contributed by atoms with Gasteiger partial charge in [-0.1, -0.05) is 0 Å². The molecule has 0 aromatic carbocycles. The molecule has 0 rings (SSSR count). The summed E-state index contributed by atoms with van der Waals surface area (Å²) in [6, 6.07) is 0. The van der Waals surface area contributed by atoms with Crippen LogP contribution in [0.2, 0.25) is 0 Å². The molecular weight excluding hydrogens is 198 g/mol. The van der Waals surface area contributed by atoms with E-state index in [0.29, 0.717) is 6.61 Å². The first kappa shape index (κ1) is 14.3. The number of carboxylic acid groups (broad SMARTS) is 1. The number of aliphatic hydroxyl groups excluding tert-OH is 1. The lowest BCUT2D eigenvalue weighted by molar-refractivity contribution is -0.149. The highest BCUT2D eigenvalue weighted by molar-refractivity contribution is 5.77. The third kappa shape index (κ3) is 4.59. The van der Waals surface area contributed by atoms with Gasteiger partial charge in [-0.2, -0.15) is 0 Å². The van der Waals surface area contributed by atoms with Crippen molar-refractivity contribution in [1.29, 1.82) is 0 Å². The normalized spacial score (nSPS) is 14.3. The number of β-amino-alcohol motifs (C(OH)–C–C–N with tert-alkyl or cyclic N) is 1. The van der Waals surface area contributed by atoms with Crippen LogP contribution in [0.5, 0.6) is 0 Å². The van der Waals surface area contributed by atoms with Gasteiger partial charge in [-0.15, -0.1) is 0 Å². The third-order valence-corrected chi connectivity index (χ3v) is 2.48. The van der Waals surface area contributed by atoms with Gasteiger partial charge in [0.25, 0.3) is 0 Å². The van der Waals surface area contributed by atoms with Gasteiger partial charge < -0.3 is 14.9 Å². The molecule has 0 spiro atoms. The number of ether oxygens (including phenoxy) is 1. The monoisotopic (exact) mass is 219 g/mol. The van der Waals surface area contributed by atoms with Crippen molar-refractivity contribution in [2.75, 3.05) is 26.8 Å². The summed E-state index contributed by atoms with van der Waals surface area (Å²) in [5.74, 6) is -0.909. The molecule has 0 fully saturated rings. The maximum atomic E-state index is 10.9. The molecule has 1 atom stereocenters. The molecule has 5 heteroatoms. The van der Waals surface area contributed by atoms with E-state index in [2.05, 4.69) is 0 Å². The lowest BCUT2D eigenvalue weighted by Gasteiger charge is -2.32. The Labute approximate surface area is 90.6 Å². The number of nitrogens with zero attached hydrogens (tertiary/aromatic N) is 1. The number of rotatable bonds is 7. The number of aliphatic hydroxyl groups is 1. The average molecular weight is 219 g/mol. The Morgan fingerprint density at radius 1 is 1.53 bits per heavy atom. The first-order valence-electron chi connectivity index (χ1n) is 5.02. The quantitative estimate of drug-likeness (QED) is 0.639. The second-order valence-electron chi connectivity index (χ2n) is 4.06. The molecule has 90 valence electrons. The Balaban J connectivity index is 4.11. The fourth-order valence-corrected chi connectivity index (χ4v) is 1.01. The van der Waals surface area contributed by atoms with Crippen LogP contribution in [0.1, 0.15) is 20.8 Å². The van der Waals surface area contributed by atoms with Crippen LogP contribution < -0.4 is 0 Å². The largest absolute Gasteiger partial charge is 0.480 e. The van der Waals surface area contributed by atoms with Crippen LogP contribution >= 0.6 is 0 Å². The molecule has 1 unspecified atom stereocenters. The Bertz CT molecular complexity index is 206. The summed E-state index contributed by atoms with van der Waals surface area (Å²) in [5.41, 5.74) is -0.979. The van der Waals surface area contributed by atoms with Crippen molar-refractivity contribution in [3.05, 3.63) is 0 Å². The van der Waals surface area contributed by atoms with E-state index < -0.39 is 17.6 Å². The van der Waals surface area contributed by atoms with Crippen molar-refractivity contribution in [2.24, 2.45) is 0 Å². The van der Waals surface area contributed by atoms with Crippen molar-refractivity contribution in [1.82, 2.24) is 4.90 Å². The predicted octanol–water partition coefficient (Wildman–Crippen LogP) is 0.179. The minimum atomic E-state index is -0.979. The van der Waals surface area contributed by atoms with Crippen LogP contribution in [0.15, 0.2) is 0 Å². The second-order valence-corrected chi connectivity index (χ2v) is 4.06. The molecule has 0 bridgehead atoms.